The molecule has 1 heterocycles. The lowest BCUT2D eigenvalue weighted by Crippen LogP contribution is -2.24. The number of hydrogen-bond acceptors (Lipinski definition) is 3. The van der Waals surface area contributed by atoms with E-state index in [0.717, 1.165) is 30.4 Å². The lowest BCUT2D eigenvalue weighted by molar-refractivity contribution is 0.342. The maximum absolute atomic E-state index is 5.67. The highest BCUT2D eigenvalue weighted by Crippen LogP contribution is 2.22. The van der Waals surface area contributed by atoms with Crippen LogP contribution in [0.25, 0.3) is 0 Å². The number of nitrogens with one attached hydrogen (secondary N) is 2. The topological polar surface area (TPSA) is 66.7 Å². The van der Waals surface area contributed by atoms with Gasteiger partial charge in [0.2, 0.25) is 0 Å². The third-order valence-corrected chi connectivity index (χ3v) is 4.08. The number of rotatable bonds is 5. The van der Waals surface area contributed by atoms with Crippen LogP contribution in [-0.4, -0.2) is 16.5 Å². The Kier molecular flexibility index (Phi) is 6.70. The summed E-state index contributed by atoms with van der Waals surface area (Å²) in [6, 6.07) is 4.20. The number of nitrogens with two attached hydrogens (primary N) is 1. The monoisotopic (exact) mass is 288 g/mol. The van der Waals surface area contributed by atoms with Crippen molar-refractivity contribution >= 4 is 0 Å². The number of aryl methyl sites for hydroxylation is 1. The Hall–Kier alpha value is -1.39. The number of nitrogens with zero attached hydrogens (tertiary/aromatic N) is 1. The summed E-state index contributed by atoms with van der Waals surface area (Å²) in [6.45, 7) is 4.50. The van der Waals surface area contributed by atoms with Gasteiger partial charge in [0.1, 0.15) is 0 Å². The fraction of sp³-hybridized carbons (Fsp3) is 0.588. The van der Waals surface area contributed by atoms with Gasteiger partial charge in [-0.2, -0.15) is 0 Å². The van der Waals surface area contributed by atoms with Crippen molar-refractivity contribution < 1.29 is 0 Å². The van der Waals surface area contributed by atoms with Gasteiger partial charge in [0, 0.05) is 36.9 Å². The van der Waals surface area contributed by atoms with Crippen LogP contribution in [0.15, 0.2) is 24.5 Å². The lowest BCUT2D eigenvalue weighted by Gasteiger charge is -2.21. The minimum absolute atomic E-state index is 0.470. The van der Waals surface area contributed by atoms with E-state index in [1.54, 1.807) is 6.20 Å². The van der Waals surface area contributed by atoms with Crippen molar-refractivity contribution in [3.8, 4) is 0 Å². The van der Waals surface area contributed by atoms with Gasteiger partial charge in [0.15, 0.2) is 0 Å². The molecule has 116 valence electrons. The molecular weight excluding hydrogens is 260 g/mol. The summed E-state index contributed by atoms with van der Waals surface area (Å²) < 4.78 is 0. The van der Waals surface area contributed by atoms with Gasteiger partial charge in [-0.25, -0.2) is 0 Å². The molecule has 0 aromatic carbocycles. The number of hydrogen-bond donors (Lipinski definition) is 3. The van der Waals surface area contributed by atoms with E-state index in [1.165, 1.54) is 37.7 Å². The standard InChI is InChI=1S/C17H28N4/c1-14-7-8-16(12-20-13-17(9-18)21-14)11-19-10-15-5-3-2-4-6-15/h7-8,12-13,15,19,21H,2-6,9-11,18H2,1H3. The van der Waals surface area contributed by atoms with Crippen molar-refractivity contribution in [3.63, 3.8) is 0 Å². The molecule has 1 aromatic heterocycles. The van der Waals surface area contributed by atoms with E-state index in [-0.39, 0.29) is 0 Å². The van der Waals surface area contributed by atoms with Gasteiger partial charge in [-0.3, -0.25) is 4.98 Å². The van der Waals surface area contributed by atoms with Crippen LogP contribution in [0.3, 0.4) is 0 Å². The summed E-state index contributed by atoms with van der Waals surface area (Å²) in [5.74, 6) is 0.857. The van der Waals surface area contributed by atoms with Crippen LogP contribution < -0.4 is 11.1 Å². The van der Waals surface area contributed by atoms with Gasteiger partial charge in [0.25, 0.3) is 0 Å². The molecule has 0 amide bonds. The maximum atomic E-state index is 5.67. The molecule has 2 rings (SSSR count). The highest BCUT2D eigenvalue weighted by Gasteiger charge is 2.12. The Morgan fingerprint density at radius 3 is 2.81 bits per heavy atom. The minimum atomic E-state index is 0.470. The van der Waals surface area contributed by atoms with Crippen LogP contribution in [0.2, 0.25) is 0 Å². The Morgan fingerprint density at radius 2 is 2.05 bits per heavy atom. The minimum Gasteiger partial charge on any atom is -0.360 e. The van der Waals surface area contributed by atoms with Crippen LogP contribution in [0, 0.1) is 12.8 Å². The van der Waals surface area contributed by atoms with Crippen molar-refractivity contribution in [2.45, 2.75) is 52.1 Å². The first kappa shape index (κ1) is 16.0. The summed E-state index contributed by atoms with van der Waals surface area (Å²) in [6.07, 6.45) is 10.7. The van der Waals surface area contributed by atoms with E-state index >= 15 is 0 Å². The molecular formula is C17H28N4. The molecule has 1 aliphatic rings. The molecule has 21 heavy (non-hydrogen) atoms. The van der Waals surface area contributed by atoms with Crippen molar-refractivity contribution in [2.24, 2.45) is 11.7 Å². The zero-order valence-electron chi connectivity index (χ0n) is 13.1. The van der Waals surface area contributed by atoms with E-state index in [4.69, 9.17) is 5.73 Å². The van der Waals surface area contributed by atoms with Crippen molar-refractivity contribution in [1.29, 1.82) is 0 Å². The quantitative estimate of drug-likeness (QED) is 0.780. The molecule has 4 N–H and O–H groups in total. The number of H-pyrrole nitrogens is 1. The van der Waals surface area contributed by atoms with E-state index in [9.17, 15) is 0 Å². The molecule has 0 bridgehead atoms. The van der Waals surface area contributed by atoms with Gasteiger partial charge < -0.3 is 16.0 Å². The first-order valence-corrected chi connectivity index (χ1v) is 8.05. The Bertz CT molecular complexity index is 474. The average Bonchev–Trinajstić information content (AvgIpc) is 2.59. The molecule has 0 saturated heterocycles. The molecule has 0 aliphatic heterocycles. The van der Waals surface area contributed by atoms with Gasteiger partial charge in [-0.1, -0.05) is 25.3 Å². The predicted molar refractivity (Wildman–Crippen MR) is 87.1 cm³/mol. The molecule has 1 saturated carbocycles. The van der Waals surface area contributed by atoms with E-state index in [0.29, 0.717) is 6.54 Å². The van der Waals surface area contributed by atoms with Crippen LogP contribution >= 0.6 is 0 Å². The summed E-state index contributed by atoms with van der Waals surface area (Å²) >= 11 is 0. The van der Waals surface area contributed by atoms with Crippen LogP contribution in [0.5, 0.6) is 0 Å². The summed E-state index contributed by atoms with van der Waals surface area (Å²) in [4.78, 5) is 7.61. The highest BCUT2D eigenvalue weighted by molar-refractivity contribution is 5.11. The number of aromatic nitrogens is 2. The molecule has 1 aromatic rings. The van der Waals surface area contributed by atoms with Crippen LogP contribution in [-0.2, 0) is 13.1 Å². The predicted octanol–water partition coefficient (Wildman–Crippen LogP) is 2.97. The normalized spacial score (nSPS) is 15.7. The zero-order chi connectivity index (χ0) is 14.9. The first-order valence-electron chi connectivity index (χ1n) is 8.05. The second-order valence-electron chi connectivity index (χ2n) is 5.99. The van der Waals surface area contributed by atoms with Gasteiger partial charge in [-0.05, 0) is 43.9 Å². The van der Waals surface area contributed by atoms with Crippen molar-refractivity contribution in [2.75, 3.05) is 6.54 Å². The average molecular weight is 288 g/mol. The third kappa shape index (κ3) is 5.86. The van der Waals surface area contributed by atoms with Gasteiger partial charge in [-0.15, -0.1) is 0 Å². The van der Waals surface area contributed by atoms with Crippen molar-refractivity contribution in [1.82, 2.24) is 15.3 Å². The van der Waals surface area contributed by atoms with Crippen LogP contribution in [0.4, 0.5) is 0 Å². The maximum Gasteiger partial charge on any atom is 0.0474 e. The van der Waals surface area contributed by atoms with Gasteiger partial charge in [0.05, 0.1) is 0 Å². The largest absolute Gasteiger partial charge is 0.360 e. The van der Waals surface area contributed by atoms with Crippen LogP contribution in [0.1, 0.15) is 49.1 Å². The molecule has 1 fully saturated rings. The van der Waals surface area contributed by atoms with E-state index in [1.807, 2.05) is 13.1 Å². The van der Waals surface area contributed by atoms with Crippen molar-refractivity contribution in [3.05, 3.63) is 41.5 Å². The zero-order valence-corrected chi connectivity index (χ0v) is 13.1. The Morgan fingerprint density at radius 1 is 1.24 bits per heavy atom. The fourth-order valence-corrected chi connectivity index (χ4v) is 2.85. The lowest BCUT2D eigenvalue weighted by atomic mass is 9.89. The highest BCUT2D eigenvalue weighted by atomic mass is 14.9. The summed E-state index contributed by atoms with van der Waals surface area (Å²) in [5, 5.41) is 3.58. The molecule has 4 heteroatoms. The Labute approximate surface area is 127 Å². The third-order valence-electron chi connectivity index (χ3n) is 4.08. The second-order valence-corrected chi connectivity index (χ2v) is 5.99. The molecule has 4 nitrogen and oxygen atoms in total. The van der Waals surface area contributed by atoms with Gasteiger partial charge >= 0.3 is 0 Å². The molecule has 0 radical (unpaired) electrons. The fourth-order valence-electron chi connectivity index (χ4n) is 2.85. The smallest absolute Gasteiger partial charge is 0.0474 e. The number of aromatic amines is 1. The van der Waals surface area contributed by atoms with E-state index < -0.39 is 0 Å². The summed E-state index contributed by atoms with van der Waals surface area (Å²) in [5.41, 5.74) is 8.89. The Balaban J connectivity index is 1.94. The molecule has 0 atom stereocenters. The second kappa shape index (κ2) is 8.80. The SMILES string of the molecule is Cc1ccc(CNCC2CCCCC2)cncc(CN)[nH]1. The first-order chi connectivity index (χ1) is 10.3. The van der Waals surface area contributed by atoms with E-state index in [2.05, 4.69) is 27.4 Å². The molecule has 0 unspecified atom stereocenters. The molecule has 0 spiro atoms. The summed E-state index contributed by atoms with van der Waals surface area (Å²) in [7, 11) is 0. The molecule has 1 aliphatic carbocycles.